The molecule has 1 heterocycles. The number of carbonyl (C=O) groups is 2. The fourth-order valence-electron chi connectivity index (χ4n) is 3.80. The summed E-state index contributed by atoms with van der Waals surface area (Å²) in [5.74, 6) is 0.0623. The van der Waals surface area contributed by atoms with Crippen LogP contribution in [0.3, 0.4) is 0 Å². The van der Waals surface area contributed by atoms with E-state index in [2.05, 4.69) is 22.9 Å². The molecule has 0 spiro atoms. The Morgan fingerprint density at radius 2 is 2.11 bits per heavy atom. The van der Waals surface area contributed by atoms with E-state index in [1.807, 2.05) is 19.9 Å². The normalized spacial score (nSPS) is 41.7. The minimum absolute atomic E-state index is 0.0173. The fourth-order valence-corrected chi connectivity index (χ4v) is 4.60. The molecule has 1 saturated carbocycles. The summed E-state index contributed by atoms with van der Waals surface area (Å²) in [4.78, 5) is 24.0. The van der Waals surface area contributed by atoms with Crippen LogP contribution in [0.15, 0.2) is 21.7 Å². The summed E-state index contributed by atoms with van der Waals surface area (Å²) in [5, 5.41) is 0. The molecule has 0 aromatic rings. The molecule has 0 N–H and O–H groups in total. The number of allylic oxidation sites excluding steroid dienone is 3. The van der Waals surface area contributed by atoms with E-state index in [1.165, 1.54) is 0 Å². The molecule has 0 radical (unpaired) electrons. The zero-order valence-corrected chi connectivity index (χ0v) is 12.9. The summed E-state index contributed by atoms with van der Waals surface area (Å²) in [7, 11) is 0. The number of esters is 1. The summed E-state index contributed by atoms with van der Waals surface area (Å²) in [6.07, 6.45) is 3.71. The zero-order valence-electron chi connectivity index (χ0n) is 11.3. The largest absolute Gasteiger partial charge is 0.457 e. The highest BCUT2D eigenvalue weighted by atomic mass is 79.9. The van der Waals surface area contributed by atoms with Gasteiger partial charge in [-0.3, -0.25) is 9.59 Å². The second-order valence-electron chi connectivity index (χ2n) is 6.13. The molecule has 3 nitrogen and oxygen atoms in total. The fraction of sp³-hybridized carbons (Fsp3) is 0.600. The van der Waals surface area contributed by atoms with Crippen molar-refractivity contribution in [3.8, 4) is 0 Å². The van der Waals surface area contributed by atoms with Crippen LogP contribution in [0, 0.1) is 17.3 Å². The molecule has 0 unspecified atom stereocenters. The van der Waals surface area contributed by atoms with Crippen molar-refractivity contribution < 1.29 is 14.3 Å². The van der Waals surface area contributed by atoms with Crippen LogP contribution in [0.1, 0.15) is 33.6 Å². The third kappa shape index (κ3) is 1.69. The molecule has 1 saturated heterocycles. The Balaban J connectivity index is 2.12. The van der Waals surface area contributed by atoms with Gasteiger partial charge in [0.05, 0.1) is 10.4 Å². The van der Waals surface area contributed by atoms with Crippen molar-refractivity contribution in [2.24, 2.45) is 17.3 Å². The minimum atomic E-state index is -0.206. The number of ether oxygens (including phenoxy) is 1. The highest BCUT2D eigenvalue weighted by Crippen LogP contribution is 2.54. The summed E-state index contributed by atoms with van der Waals surface area (Å²) >= 11 is 3.36. The Morgan fingerprint density at radius 3 is 2.79 bits per heavy atom. The SMILES string of the molecule is CC1=C2[C@H]3OC(=O)[C@@H](C)[C@@H]3CC[C@@]2(C)C=C(Br)C1=O. The Kier molecular flexibility index (Phi) is 2.79. The topological polar surface area (TPSA) is 43.4 Å². The van der Waals surface area contributed by atoms with E-state index in [4.69, 9.17) is 4.74 Å². The van der Waals surface area contributed by atoms with Gasteiger partial charge in [-0.1, -0.05) is 19.9 Å². The lowest BCUT2D eigenvalue weighted by Gasteiger charge is -2.43. The molecule has 0 aromatic heterocycles. The molecule has 4 heteroatoms. The van der Waals surface area contributed by atoms with Crippen molar-refractivity contribution in [1.29, 1.82) is 0 Å². The van der Waals surface area contributed by atoms with E-state index < -0.39 is 0 Å². The van der Waals surface area contributed by atoms with Crippen LogP contribution in [-0.4, -0.2) is 17.9 Å². The molecule has 0 aromatic carbocycles. The average molecular weight is 325 g/mol. The number of hydrogen-bond acceptors (Lipinski definition) is 3. The monoisotopic (exact) mass is 324 g/mol. The predicted octanol–water partition coefficient (Wildman–Crippen LogP) is 3.14. The summed E-state index contributed by atoms with van der Waals surface area (Å²) < 4.78 is 6.20. The van der Waals surface area contributed by atoms with Crippen LogP contribution in [0.2, 0.25) is 0 Å². The quantitative estimate of drug-likeness (QED) is 0.643. The third-order valence-electron chi connectivity index (χ3n) is 4.95. The van der Waals surface area contributed by atoms with E-state index in [0.29, 0.717) is 4.48 Å². The lowest BCUT2D eigenvalue weighted by atomic mass is 9.62. The maximum absolute atomic E-state index is 12.2. The molecule has 0 bridgehead atoms. The van der Waals surface area contributed by atoms with Gasteiger partial charge in [0, 0.05) is 16.9 Å². The van der Waals surface area contributed by atoms with E-state index in [-0.39, 0.29) is 35.1 Å². The maximum atomic E-state index is 12.2. The first kappa shape index (κ1) is 13.1. The Bertz CT molecular complexity index is 546. The molecule has 4 atom stereocenters. The maximum Gasteiger partial charge on any atom is 0.309 e. The van der Waals surface area contributed by atoms with Crippen molar-refractivity contribution in [2.45, 2.75) is 39.7 Å². The van der Waals surface area contributed by atoms with Gasteiger partial charge in [-0.2, -0.15) is 0 Å². The van der Waals surface area contributed by atoms with Crippen molar-refractivity contribution in [3.05, 3.63) is 21.7 Å². The molecular weight excluding hydrogens is 308 g/mol. The number of fused-ring (bicyclic) bond motifs is 3. The van der Waals surface area contributed by atoms with E-state index >= 15 is 0 Å². The molecular formula is C15H17BrO3. The van der Waals surface area contributed by atoms with Gasteiger partial charge in [-0.25, -0.2) is 0 Å². The number of hydrogen-bond donors (Lipinski definition) is 0. The van der Waals surface area contributed by atoms with Gasteiger partial charge in [0.25, 0.3) is 0 Å². The highest BCUT2D eigenvalue weighted by Gasteiger charge is 2.53. The zero-order chi connectivity index (χ0) is 13.9. The van der Waals surface area contributed by atoms with Crippen LogP contribution in [0.5, 0.6) is 0 Å². The van der Waals surface area contributed by atoms with Crippen LogP contribution in [0.25, 0.3) is 0 Å². The molecule has 3 rings (SSSR count). The molecule has 1 aliphatic heterocycles. The lowest BCUT2D eigenvalue weighted by Crippen LogP contribution is -2.40. The summed E-state index contributed by atoms with van der Waals surface area (Å²) in [5.41, 5.74) is 1.60. The Morgan fingerprint density at radius 1 is 1.42 bits per heavy atom. The second kappa shape index (κ2) is 4.05. The van der Waals surface area contributed by atoms with Gasteiger partial charge < -0.3 is 4.74 Å². The van der Waals surface area contributed by atoms with E-state index in [1.54, 1.807) is 0 Å². The Labute approximate surface area is 121 Å². The average Bonchev–Trinajstić information content (AvgIpc) is 2.61. The van der Waals surface area contributed by atoms with Crippen molar-refractivity contribution in [1.82, 2.24) is 0 Å². The summed E-state index contributed by atoms with van der Waals surface area (Å²) in [6.45, 7) is 5.91. The van der Waals surface area contributed by atoms with Crippen molar-refractivity contribution in [2.75, 3.05) is 0 Å². The molecule has 102 valence electrons. The minimum Gasteiger partial charge on any atom is -0.457 e. The van der Waals surface area contributed by atoms with Crippen LogP contribution >= 0.6 is 15.9 Å². The van der Waals surface area contributed by atoms with Crippen LogP contribution in [-0.2, 0) is 14.3 Å². The van der Waals surface area contributed by atoms with Gasteiger partial charge in [-0.15, -0.1) is 0 Å². The van der Waals surface area contributed by atoms with Gasteiger partial charge in [0.2, 0.25) is 0 Å². The van der Waals surface area contributed by atoms with Crippen molar-refractivity contribution >= 4 is 27.7 Å². The molecule has 2 fully saturated rings. The first-order valence-electron chi connectivity index (χ1n) is 6.70. The number of ketones is 1. The molecule has 2 aliphatic carbocycles. The number of carbonyl (C=O) groups excluding carboxylic acids is 2. The highest BCUT2D eigenvalue weighted by molar-refractivity contribution is 9.12. The van der Waals surface area contributed by atoms with Gasteiger partial charge in [-0.05, 0) is 41.3 Å². The molecule has 0 amide bonds. The summed E-state index contributed by atoms with van der Waals surface area (Å²) in [6, 6.07) is 0. The standard InChI is InChI=1S/C15H17BrO3/c1-7-9-4-5-15(3)6-10(16)12(17)8(2)11(15)13(9)19-14(7)18/h6-7,9,13H,4-5H2,1-3H3/t7-,9-,13-,15-/m0/s1. The number of Topliss-reactive ketones (excluding diaryl/α,β-unsaturated/α-hetero) is 1. The smallest absolute Gasteiger partial charge is 0.309 e. The van der Waals surface area contributed by atoms with Gasteiger partial charge in [0.1, 0.15) is 6.10 Å². The number of halogens is 1. The van der Waals surface area contributed by atoms with Crippen LogP contribution in [0.4, 0.5) is 0 Å². The predicted molar refractivity (Wildman–Crippen MR) is 74.6 cm³/mol. The third-order valence-corrected chi connectivity index (χ3v) is 5.54. The second-order valence-corrected chi connectivity index (χ2v) is 6.98. The van der Waals surface area contributed by atoms with Crippen molar-refractivity contribution in [3.63, 3.8) is 0 Å². The van der Waals surface area contributed by atoms with E-state index in [9.17, 15) is 9.59 Å². The number of rotatable bonds is 0. The van der Waals surface area contributed by atoms with Crippen LogP contribution < -0.4 is 0 Å². The van der Waals surface area contributed by atoms with Gasteiger partial charge >= 0.3 is 5.97 Å². The molecule has 19 heavy (non-hydrogen) atoms. The molecule has 3 aliphatic rings. The van der Waals surface area contributed by atoms with Gasteiger partial charge in [0.15, 0.2) is 5.78 Å². The van der Waals surface area contributed by atoms with E-state index in [0.717, 1.165) is 24.0 Å². The first-order valence-corrected chi connectivity index (χ1v) is 7.49. The first-order chi connectivity index (χ1) is 8.85. The lowest BCUT2D eigenvalue weighted by molar-refractivity contribution is -0.143. The Hall–Kier alpha value is -0.900.